The third-order valence-electron chi connectivity index (χ3n) is 5.32. The van der Waals surface area contributed by atoms with E-state index >= 15 is 0 Å². The average molecular weight is 372 g/mol. The molecular formula is C19H25N5OS. The Labute approximate surface area is 157 Å². The highest BCUT2D eigenvalue weighted by Crippen LogP contribution is 2.42. The number of unbranched alkanes of at least 4 members (excludes halogenated alkanes) is 1. The number of fused-ring (bicyclic) bond motifs is 5. The molecule has 0 bridgehead atoms. The van der Waals surface area contributed by atoms with Crippen molar-refractivity contribution in [2.75, 3.05) is 13.1 Å². The Kier molecular flexibility index (Phi) is 4.65. The van der Waals surface area contributed by atoms with Gasteiger partial charge in [0.2, 0.25) is 5.82 Å². The molecule has 3 heterocycles. The monoisotopic (exact) mass is 371 g/mol. The molecule has 3 aromatic rings. The van der Waals surface area contributed by atoms with E-state index in [1.807, 2.05) is 11.8 Å². The molecule has 1 atom stereocenters. The Morgan fingerprint density at radius 1 is 1.42 bits per heavy atom. The van der Waals surface area contributed by atoms with E-state index in [0.717, 1.165) is 41.7 Å². The fraction of sp³-hybridized carbons (Fsp3) is 0.579. The molecule has 4 rings (SSSR count). The van der Waals surface area contributed by atoms with E-state index in [4.69, 9.17) is 0 Å². The third-order valence-corrected chi connectivity index (χ3v) is 6.49. The lowest BCUT2D eigenvalue weighted by atomic mass is 9.87. The Morgan fingerprint density at radius 3 is 3.04 bits per heavy atom. The topological polar surface area (TPSA) is 63.4 Å². The summed E-state index contributed by atoms with van der Waals surface area (Å²) in [4.78, 5) is 26.4. The van der Waals surface area contributed by atoms with Crippen molar-refractivity contribution in [2.24, 2.45) is 0 Å². The van der Waals surface area contributed by atoms with Crippen molar-refractivity contribution in [1.82, 2.24) is 24.5 Å². The summed E-state index contributed by atoms with van der Waals surface area (Å²) in [5.74, 6) is 0.698. The summed E-state index contributed by atoms with van der Waals surface area (Å²) >= 11 is 1.77. The van der Waals surface area contributed by atoms with Crippen molar-refractivity contribution in [3.63, 3.8) is 0 Å². The largest absolute Gasteiger partial charge is 0.336 e. The Morgan fingerprint density at radius 2 is 2.27 bits per heavy atom. The predicted molar refractivity (Wildman–Crippen MR) is 104 cm³/mol. The summed E-state index contributed by atoms with van der Waals surface area (Å²) in [6, 6.07) is 0. The SMILES string of the molecule is CCCCN(CC)C(=O)c1nc2c3c4c(sc3ncn2n1)CCCC4C. The van der Waals surface area contributed by atoms with E-state index in [2.05, 4.69) is 28.9 Å². The molecule has 0 aliphatic heterocycles. The molecule has 1 amide bonds. The fourth-order valence-electron chi connectivity index (χ4n) is 3.87. The summed E-state index contributed by atoms with van der Waals surface area (Å²) < 4.78 is 1.68. The van der Waals surface area contributed by atoms with E-state index in [9.17, 15) is 4.79 Å². The van der Waals surface area contributed by atoms with Crippen molar-refractivity contribution in [2.45, 2.75) is 58.8 Å². The van der Waals surface area contributed by atoms with Crippen LogP contribution < -0.4 is 0 Å². The molecule has 138 valence electrons. The summed E-state index contributed by atoms with van der Waals surface area (Å²) in [6.07, 6.45) is 7.29. The van der Waals surface area contributed by atoms with Crippen molar-refractivity contribution in [3.8, 4) is 0 Å². The van der Waals surface area contributed by atoms with Crippen LogP contribution in [0.4, 0.5) is 0 Å². The third kappa shape index (κ3) is 2.78. The van der Waals surface area contributed by atoms with Gasteiger partial charge in [-0.15, -0.1) is 16.4 Å². The minimum atomic E-state index is -0.0880. The molecule has 26 heavy (non-hydrogen) atoms. The van der Waals surface area contributed by atoms with Crippen molar-refractivity contribution >= 4 is 33.1 Å². The number of carbonyl (C=O) groups excluding carboxylic acids is 1. The standard InChI is InChI=1S/C19H25N5OS/c1-4-6-10-23(5-2)19(25)16-21-17-15-14-12(3)8-7-9-13(14)26-18(15)20-11-24(17)22-16/h11-12H,4-10H2,1-3H3. The molecular weight excluding hydrogens is 346 g/mol. The van der Waals surface area contributed by atoms with Crippen LogP contribution in [-0.2, 0) is 6.42 Å². The van der Waals surface area contributed by atoms with E-state index in [1.54, 1.807) is 22.2 Å². The zero-order valence-corrected chi connectivity index (χ0v) is 16.5. The quantitative estimate of drug-likeness (QED) is 0.679. The maximum Gasteiger partial charge on any atom is 0.293 e. The fourth-order valence-corrected chi connectivity index (χ4v) is 5.17. The number of nitrogens with zero attached hydrogens (tertiary/aromatic N) is 5. The lowest BCUT2D eigenvalue weighted by Gasteiger charge is -2.18. The molecule has 7 heteroatoms. The highest BCUT2D eigenvalue weighted by atomic mass is 32.1. The number of amides is 1. The molecule has 0 radical (unpaired) electrons. The second-order valence-electron chi connectivity index (χ2n) is 7.10. The van der Waals surface area contributed by atoms with Gasteiger partial charge in [-0.25, -0.2) is 14.5 Å². The molecule has 1 unspecified atom stereocenters. The minimum absolute atomic E-state index is 0.0880. The predicted octanol–water partition coefficient (Wildman–Crippen LogP) is 4.04. The van der Waals surface area contributed by atoms with Gasteiger partial charge in [-0.3, -0.25) is 4.79 Å². The Balaban J connectivity index is 1.81. The van der Waals surface area contributed by atoms with Crippen LogP contribution in [0.1, 0.15) is 73.4 Å². The summed E-state index contributed by atoms with van der Waals surface area (Å²) in [7, 11) is 0. The van der Waals surface area contributed by atoms with Gasteiger partial charge in [0.1, 0.15) is 11.2 Å². The Hall–Kier alpha value is -2.02. The number of aryl methyl sites for hydroxylation is 1. The molecule has 0 saturated heterocycles. The first-order valence-electron chi connectivity index (χ1n) is 9.59. The van der Waals surface area contributed by atoms with Gasteiger partial charge in [0.25, 0.3) is 5.91 Å². The lowest BCUT2D eigenvalue weighted by Crippen LogP contribution is -2.32. The summed E-state index contributed by atoms with van der Waals surface area (Å²) in [5, 5.41) is 5.55. The molecule has 0 fully saturated rings. The van der Waals surface area contributed by atoms with E-state index < -0.39 is 0 Å². The first kappa shape index (κ1) is 17.4. The van der Waals surface area contributed by atoms with Crippen LogP contribution in [0.25, 0.3) is 15.9 Å². The van der Waals surface area contributed by atoms with Crippen LogP contribution >= 0.6 is 11.3 Å². The van der Waals surface area contributed by atoms with E-state index in [-0.39, 0.29) is 11.7 Å². The molecule has 1 aliphatic rings. The normalized spacial score (nSPS) is 17.0. The van der Waals surface area contributed by atoms with Crippen molar-refractivity contribution < 1.29 is 4.79 Å². The maximum absolute atomic E-state index is 12.8. The van der Waals surface area contributed by atoms with Gasteiger partial charge >= 0.3 is 0 Å². The van der Waals surface area contributed by atoms with Gasteiger partial charge < -0.3 is 4.90 Å². The highest BCUT2D eigenvalue weighted by molar-refractivity contribution is 7.19. The number of rotatable bonds is 5. The second-order valence-corrected chi connectivity index (χ2v) is 8.18. The van der Waals surface area contributed by atoms with E-state index in [1.165, 1.54) is 23.3 Å². The number of thiophene rings is 1. The van der Waals surface area contributed by atoms with Gasteiger partial charge in [-0.2, -0.15) is 0 Å². The highest BCUT2D eigenvalue weighted by Gasteiger charge is 2.26. The van der Waals surface area contributed by atoms with Gasteiger partial charge in [0.05, 0.1) is 5.39 Å². The zero-order chi connectivity index (χ0) is 18.3. The summed E-state index contributed by atoms with van der Waals surface area (Å²) in [6.45, 7) is 7.83. The van der Waals surface area contributed by atoms with Crippen LogP contribution in [0.5, 0.6) is 0 Å². The van der Waals surface area contributed by atoms with E-state index in [0.29, 0.717) is 12.5 Å². The van der Waals surface area contributed by atoms with Crippen LogP contribution in [0.15, 0.2) is 6.33 Å². The number of carbonyl (C=O) groups is 1. The van der Waals surface area contributed by atoms with Crippen LogP contribution in [0, 0.1) is 0 Å². The summed E-state index contributed by atoms with van der Waals surface area (Å²) in [5.41, 5.74) is 2.15. The van der Waals surface area contributed by atoms with Crippen molar-refractivity contribution in [3.05, 3.63) is 22.6 Å². The molecule has 0 spiro atoms. The number of hydrogen-bond donors (Lipinski definition) is 0. The smallest absolute Gasteiger partial charge is 0.293 e. The zero-order valence-electron chi connectivity index (χ0n) is 15.7. The maximum atomic E-state index is 12.8. The Bertz CT molecular complexity index is 960. The first-order valence-corrected chi connectivity index (χ1v) is 10.4. The molecule has 6 nitrogen and oxygen atoms in total. The van der Waals surface area contributed by atoms with Gasteiger partial charge in [-0.1, -0.05) is 20.3 Å². The lowest BCUT2D eigenvalue weighted by molar-refractivity contribution is 0.0750. The van der Waals surface area contributed by atoms with Gasteiger partial charge in [0, 0.05) is 18.0 Å². The molecule has 3 aromatic heterocycles. The molecule has 0 saturated carbocycles. The minimum Gasteiger partial charge on any atom is -0.336 e. The molecule has 0 N–H and O–H groups in total. The van der Waals surface area contributed by atoms with Crippen molar-refractivity contribution in [1.29, 1.82) is 0 Å². The second kappa shape index (κ2) is 6.95. The first-order chi connectivity index (χ1) is 12.6. The number of hydrogen-bond acceptors (Lipinski definition) is 5. The van der Waals surface area contributed by atoms with Crippen LogP contribution in [0.3, 0.4) is 0 Å². The average Bonchev–Trinajstić information content (AvgIpc) is 3.23. The molecule has 1 aliphatic carbocycles. The number of aromatic nitrogens is 4. The van der Waals surface area contributed by atoms with Gasteiger partial charge in [0.15, 0.2) is 5.65 Å². The molecule has 0 aromatic carbocycles. The van der Waals surface area contributed by atoms with Crippen LogP contribution in [0.2, 0.25) is 0 Å². The van der Waals surface area contributed by atoms with Gasteiger partial charge in [-0.05, 0) is 44.1 Å². The van der Waals surface area contributed by atoms with Crippen LogP contribution in [-0.4, -0.2) is 43.5 Å².